The van der Waals surface area contributed by atoms with Gasteiger partial charge in [-0.3, -0.25) is 0 Å². The fraction of sp³-hybridized carbons (Fsp3) is 0.316. The third-order valence-corrected chi connectivity index (χ3v) is 4.41. The molecule has 0 radical (unpaired) electrons. The molecule has 2 aromatic rings. The first-order valence-corrected chi connectivity index (χ1v) is 7.51. The van der Waals surface area contributed by atoms with E-state index in [0.717, 1.165) is 11.3 Å². The predicted molar refractivity (Wildman–Crippen MR) is 86.5 cm³/mol. The third-order valence-electron chi connectivity index (χ3n) is 4.41. The number of nitriles is 1. The molecule has 0 saturated carbocycles. The van der Waals surface area contributed by atoms with Crippen LogP contribution in [-0.4, -0.2) is 0 Å². The molecule has 0 aliphatic carbocycles. The normalized spacial score (nSPS) is 20.0. The summed E-state index contributed by atoms with van der Waals surface area (Å²) in [6, 6.07) is 16.9. The highest BCUT2D eigenvalue weighted by molar-refractivity contribution is 5.66. The van der Waals surface area contributed by atoms with Gasteiger partial charge in [0.15, 0.2) is 0 Å². The molecule has 1 aliphatic heterocycles. The maximum atomic E-state index is 9.59. The summed E-state index contributed by atoms with van der Waals surface area (Å²) in [5.41, 5.74) is 6.05. The van der Waals surface area contributed by atoms with Crippen LogP contribution in [-0.2, 0) is 0 Å². The number of hydrogen-bond donors (Lipinski definition) is 1. The fourth-order valence-electron chi connectivity index (χ4n) is 3.26. The summed E-state index contributed by atoms with van der Waals surface area (Å²) >= 11 is 0. The first-order chi connectivity index (χ1) is 10.1. The second-order valence-electron chi connectivity index (χ2n) is 6.02. The van der Waals surface area contributed by atoms with E-state index < -0.39 is 0 Å². The van der Waals surface area contributed by atoms with E-state index in [1.165, 1.54) is 16.7 Å². The van der Waals surface area contributed by atoms with E-state index in [-0.39, 0.29) is 6.04 Å². The molecule has 2 atom stereocenters. The van der Waals surface area contributed by atoms with Crippen LogP contribution in [0.15, 0.2) is 42.5 Å². The van der Waals surface area contributed by atoms with Crippen LogP contribution in [0.1, 0.15) is 60.9 Å². The van der Waals surface area contributed by atoms with Crippen molar-refractivity contribution >= 4 is 5.69 Å². The molecule has 1 aliphatic rings. The Bertz CT molecular complexity index is 710. The highest BCUT2D eigenvalue weighted by atomic mass is 14.9. The van der Waals surface area contributed by atoms with E-state index in [1.807, 2.05) is 6.07 Å². The highest BCUT2D eigenvalue weighted by Gasteiger charge is 2.27. The summed E-state index contributed by atoms with van der Waals surface area (Å²) in [6.45, 7) is 6.62. The van der Waals surface area contributed by atoms with Crippen molar-refractivity contribution in [3.63, 3.8) is 0 Å². The van der Waals surface area contributed by atoms with Crippen LogP contribution in [0.3, 0.4) is 0 Å². The summed E-state index contributed by atoms with van der Waals surface area (Å²) in [5.74, 6) is 0.723. The van der Waals surface area contributed by atoms with E-state index in [9.17, 15) is 5.26 Å². The summed E-state index contributed by atoms with van der Waals surface area (Å²) in [5, 5.41) is 13.1. The summed E-state index contributed by atoms with van der Waals surface area (Å²) in [6.07, 6.45) is 0. The first kappa shape index (κ1) is 13.7. The van der Waals surface area contributed by atoms with Crippen molar-refractivity contribution in [3.8, 4) is 6.07 Å². The van der Waals surface area contributed by atoms with Gasteiger partial charge in [-0.2, -0.15) is 5.26 Å². The standard InChI is InChI=1S/C19H20N2/c1-12(2)14-9-6-10-16-13(3)15-7-4-5-8-17(15)18(11-20)21-19(14)16/h4-10,12-13,18,21H,1-3H3. The van der Waals surface area contributed by atoms with Gasteiger partial charge in [0.25, 0.3) is 0 Å². The fourth-order valence-corrected chi connectivity index (χ4v) is 3.26. The average molecular weight is 276 g/mol. The minimum atomic E-state index is -0.287. The van der Waals surface area contributed by atoms with Gasteiger partial charge in [0, 0.05) is 11.6 Å². The first-order valence-electron chi connectivity index (χ1n) is 7.51. The summed E-state index contributed by atoms with van der Waals surface area (Å²) in [7, 11) is 0. The lowest BCUT2D eigenvalue weighted by molar-refractivity contribution is 0.855. The van der Waals surface area contributed by atoms with Gasteiger partial charge in [-0.05, 0) is 28.2 Å². The Hall–Kier alpha value is -2.27. The molecule has 2 heteroatoms. The van der Waals surface area contributed by atoms with Crippen molar-refractivity contribution in [3.05, 3.63) is 64.7 Å². The Balaban J connectivity index is 2.26. The van der Waals surface area contributed by atoms with E-state index >= 15 is 0 Å². The Morgan fingerprint density at radius 1 is 1.00 bits per heavy atom. The van der Waals surface area contributed by atoms with Crippen LogP contribution in [0.2, 0.25) is 0 Å². The molecule has 0 spiro atoms. The molecule has 21 heavy (non-hydrogen) atoms. The molecule has 2 nitrogen and oxygen atoms in total. The van der Waals surface area contributed by atoms with Crippen LogP contribution in [0.5, 0.6) is 0 Å². The second-order valence-corrected chi connectivity index (χ2v) is 6.02. The molecule has 1 heterocycles. The molecule has 3 rings (SSSR count). The van der Waals surface area contributed by atoms with E-state index in [4.69, 9.17) is 0 Å². The number of nitrogens with one attached hydrogen (secondary N) is 1. The molecule has 0 bridgehead atoms. The molecular weight excluding hydrogens is 256 g/mol. The number of anilines is 1. The second kappa shape index (κ2) is 5.26. The van der Waals surface area contributed by atoms with Crippen LogP contribution in [0.4, 0.5) is 5.69 Å². The third kappa shape index (κ3) is 2.19. The van der Waals surface area contributed by atoms with Gasteiger partial charge in [-0.15, -0.1) is 0 Å². The number of benzene rings is 2. The van der Waals surface area contributed by atoms with Gasteiger partial charge in [0.1, 0.15) is 6.04 Å². The molecular formula is C19H20N2. The van der Waals surface area contributed by atoms with Crippen molar-refractivity contribution < 1.29 is 0 Å². The zero-order valence-electron chi connectivity index (χ0n) is 12.7. The van der Waals surface area contributed by atoms with Gasteiger partial charge in [-0.25, -0.2) is 0 Å². The lowest BCUT2D eigenvalue weighted by Crippen LogP contribution is -2.10. The summed E-state index contributed by atoms with van der Waals surface area (Å²) < 4.78 is 0. The van der Waals surface area contributed by atoms with Crippen LogP contribution >= 0.6 is 0 Å². The Morgan fingerprint density at radius 3 is 2.33 bits per heavy atom. The Kier molecular flexibility index (Phi) is 3.43. The molecule has 1 N–H and O–H groups in total. The Labute approximate surface area is 126 Å². The number of rotatable bonds is 1. The molecule has 0 amide bonds. The van der Waals surface area contributed by atoms with Gasteiger partial charge in [0.2, 0.25) is 0 Å². The molecule has 0 saturated heterocycles. The van der Waals surface area contributed by atoms with Crippen molar-refractivity contribution in [1.82, 2.24) is 0 Å². The topological polar surface area (TPSA) is 35.8 Å². The smallest absolute Gasteiger partial charge is 0.140 e. The van der Waals surface area contributed by atoms with E-state index in [1.54, 1.807) is 0 Å². The van der Waals surface area contributed by atoms with Gasteiger partial charge < -0.3 is 5.32 Å². The molecule has 2 aromatic carbocycles. The SMILES string of the molecule is CC(C)c1cccc2c1NC(C#N)c1ccccc1C2C. The maximum absolute atomic E-state index is 9.59. The predicted octanol–water partition coefficient (Wildman–Crippen LogP) is 4.95. The molecule has 0 fully saturated rings. The number of nitrogens with zero attached hydrogens (tertiary/aromatic N) is 1. The summed E-state index contributed by atoms with van der Waals surface area (Å²) in [4.78, 5) is 0. The highest BCUT2D eigenvalue weighted by Crippen LogP contribution is 2.42. The minimum Gasteiger partial charge on any atom is -0.366 e. The zero-order valence-corrected chi connectivity index (χ0v) is 12.7. The molecule has 106 valence electrons. The molecule has 0 aromatic heterocycles. The van der Waals surface area contributed by atoms with Gasteiger partial charge >= 0.3 is 0 Å². The number of fused-ring (bicyclic) bond motifs is 2. The van der Waals surface area contributed by atoms with E-state index in [0.29, 0.717) is 11.8 Å². The van der Waals surface area contributed by atoms with Gasteiger partial charge in [0.05, 0.1) is 6.07 Å². The largest absolute Gasteiger partial charge is 0.366 e. The average Bonchev–Trinajstić information content (AvgIpc) is 2.63. The monoisotopic (exact) mass is 276 g/mol. The maximum Gasteiger partial charge on any atom is 0.140 e. The lowest BCUT2D eigenvalue weighted by Gasteiger charge is -2.20. The van der Waals surface area contributed by atoms with Gasteiger partial charge in [-0.1, -0.05) is 63.2 Å². The number of para-hydroxylation sites is 1. The van der Waals surface area contributed by atoms with E-state index in [2.05, 4.69) is 68.6 Å². The zero-order chi connectivity index (χ0) is 15.0. The van der Waals surface area contributed by atoms with Crippen molar-refractivity contribution in [1.29, 1.82) is 5.26 Å². The van der Waals surface area contributed by atoms with Crippen molar-refractivity contribution in [2.24, 2.45) is 0 Å². The Morgan fingerprint density at radius 2 is 1.67 bits per heavy atom. The minimum absolute atomic E-state index is 0.287. The van der Waals surface area contributed by atoms with Crippen LogP contribution in [0.25, 0.3) is 0 Å². The van der Waals surface area contributed by atoms with Crippen LogP contribution in [0, 0.1) is 11.3 Å². The molecule has 2 unspecified atom stereocenters. The quantitative estimate of drug-likeness (QED) is 0.799. The lowest BCUT2D eigenvalue weighted by atomic mass is 9.87. The number of hydrogen-bond acceptors (Lipinski definition) is 2. The van der Waals surface area contributed by atoms with Crippen LogP contribution < -0.4 is 5.32 Å². The van der Waals surface area contributed by atoms with Crippen molar-refractivity contribution in [2.45, 2.75) is 38.6 Å². The van der Waals surface area contributed by atoms with Crippen molar-refractivity contribution in [2.75, 3.05) is 5.32 Å².